The van der Waals surface area contributed by atoms with E-state index in [-0.39, 0.29) is 0 Å². The van der Waals surface area contributed by atoms with Crippen LogP contribution in [0.4, 0.5) is 0 Å². The number of hydrogen-bond acceptors (Lipinski definition) is 2. The molecule has 1 aromatic carbocycles. The van der Waals surface area contributed by atoms with Crippen molar-refractivity contribution in [1.82, 2.24) is 0 Å². The molecule has 0 aliphatic heterocycles. The molecule has 0 radical (unpaired) electrons. The lowest BCUT2D eigenvalue weighted by atomic mass is 10.1. The second-order valence-corrected chi connectivity index (χ2v) is 4.17. The van der Waals surface area contributed by atoms with Gasteiger partial charge in [0.05, 0.1) is 0 Å². The molecule has 0 saturated heterocycles. The maximum atomic E-state index is 10.7. The van der Waals surface area contributed by atoms with Gasteiger partial charge in [0.15, 0.2) is 0 Å². The molecule has 1 rings (SSSR count). The highest BCUT2D eigenvalue weighted by atomic mass is 32.2. The smallest absolute Gasteiger partial charge is 0.225 e. The number of rotatable bonds is 2. The first kappa shape index (κ1) is 9.95. The molecule has 0 aliphatic rings. The average Bonchev–Trinajstić information content (AvgIpc) is 2.03. The lowest BCUT2D eigenvalue weighted by Gasteiger charge is -1.99. The Morgan fingerprint density at radius 1 is 1.31 bits per heavy atom. The van der Waals surface area contributed by atoms with E-state index in [0.717, 1.165) is 11.0 Å². The first-order chi connectivity index (χ1) is 5.99. The monoisotopic (exact) mass is 197 g/mol. The zero-order valence-electron chi connectivity index (χ0n) is 7.27. The van der Waals surface area contributed by atoms with E-state index >= 15 is 0 Å². The van der Waals surface area contributed by atoms with Crippen molar-refractivity contribution in [2.75, 3.05) is 0 Å². The van der Waals surface area contributed by atoms with E-state index in [4.69, 9.17) is 5.14 Å². The van der Waals surface area contributed by atoms with Crippen LogP contribution in [0.3, 0.4) is 0 Å². The number of sulfonamides is 1. The van der Waals surface area contributed by atoms with E-state index in [1.165, 1.54) is 0 Å². The summed E-state index contributed by atoms with van der Waals surface area (Å²) >= 11 is 0. The number of benzene rings is 1. The Labute approximate surface area is 77.9 Å². The van der Waals surface area contributed by atoms with E-state index in [1.54, 1.807) is 6.92 Å². The highest BCUT2D eigenvalue weighted by Crippen LogP contribution is 2.12. The molecule has 70 valence electrons. The summed E-state index contributed by atoms with van der Waals surface area (Å²) in [6, 6.07) is 9.22. The molecule has 0 aromatic heterocycles. The van der Waals surface area contributed by atoms with Crippen molar-refractivity contribution in [2.24, 2.45) is 5.14 Å². The van der Waals surface area contributed by atoms with Crippen molar-refractivity contribution in [3.05, 3.63) is 41.3 Å². The van der Waals surface area contributed by atoms with Crippen molar-refractivity contribution in [3.8, 4) is 0 Å². The van der Waals surface area contributed by atoms with Gasteiger partial charge >= 0.3 is 0 Å². The van der Waals surface area contributed by atoms with Gasteiger partial charge < -0.3 is 0 Å². The highest BCUT2D eigenvalue weighted by Gasteiger charge is 1.99. The van der Waals surface area contributed by atoms with Crippen LogP contribution in [-0.4, -0.2) is 8.42 Å². The van der Waals surface area contributed by atoms with Gasteiger partial charge in [-0.1, -0.05) is 30.3 Å². The largest absolute Gasteiger partial charge is 0.231 e. The molecule has 13 heavy (non-hydrogen) atoms. The van der Waals surface area contributed by atoms with Gasteiger partial charge in [0.25, 0.3) is 0 Å². The van der Waals surface area contributed by atoms with Crippen LogP contribution in [0, 0.1) is 0 Å². The maximum absolute atomic E-state index is 10.7. The third-order valence-corrected chi connectivity index (χ3v) is 2.25. The fourth-order valence-corrected chi connectivity index (χ4v) is 1.64. The summed E-state index contributed by atoms with van der Waals surface area (Å²) < 4.78 is 21.4. The molecular formula is C9H11NO2S. The van der Waals surface area contributed by atoms with Gasteiger partial charge in [-0.15, -0.1) is 0 Å². The lowest BCUT2D eigenvalue weighted by Crippen LogP contribution is -2.07. The summed E-state index contributed by atoms with van der Waals surface area (Å²) in [5.41, 5.74) is 1.50. The van der Waals surface area contributed by atoms with Gasteiger partial charge in [-0.3, -0.25) is 0 Å². The van der Waals surface area contributed by atoms with Crippen LogP contribution in [0.5, 0.6) is 0 Å². The Bertz CT molecular complexity index is 407. The topological polar surface area (TPSA) is 60.2 Å². The zero-order valence-corrected chi connectivity index (χ0v) is 8.08. The summed E-state index contributed by atoms with van der Waals surface area (Å²) in [6.45, 7) is 1.71. The SMILES string of the molecule is CC(=CS(N)(=O)=O)c1ccccc1. The second kappa shape index (κ2) is 3.72. The second-order valence-electron chi connectivity index (χ2n) is 2.76. The molecule has 0 spiro atoms. The molecule has 0 amide bonds. The van der Waals surface area contributed by atoms with Crippen molar-refractivity contribution in [2.45, 2.75) is 6.92 Å². The first-order valence-electron chi connectivity index (χ1n) is 3.75. The number of primary sulfonamides is 1. The lowest BCUT2D eigenvalue weighted by molar-refractivity contribution is 0.606. The summed E-state index contributed by atoms with van der Waals surface area (Å²) in [7, 11) is -3.53. The zero-order chi connectivity index (χ0) is 9.90. The van der Waals surface area contributed by atoms with Crippen molar-refractivity contribution in [3.63, 3.8) is 0 Å². The molecule has 2 N–H and O–H groups in total. The van der Waals surface area contributed by atoms with Crippen molar-refractivity contribution >= 4 is 15.6 Å². The number of allylic oxidation sites excluding steroid dienone is 1. The molecular weight excluding hydrogens is 186 g/mol. The Hall–Kier alpha value is -1.13. The van der Waals surface area contributed by atoms with Crippen LogP contribution in [0.25, 0.3) is 5.57 Å². The number of nitrogens with two attached hydrogens (primary N) is 1. The number of hydrogen-bond donors (Lipinski definition) is 1. The Morgan fingerprint density at radius 2 is 1.85 bits per heavy atom. The van der Waals surface area contributed by atoms with Crippen LogP contribution in [0.15, 0.2) is 35.7 Å². The van der Waals surface area contributed by atoms with E-state index in [1.807, 2.05) is 30.3 Å². The Kier molecular flexibility index (Phi) is 2.85. The van der Waals surface area contributed by atoms with Crippen molar-refractivity contribution in [1.29, 1.82) is 0 Å². The Morgan fingerprint density at radius 3 is 2.31 bits per heavy atom. The van der Waals surface area contributed by atoms with Gasteiger partial charge in [0, 0.05) is 5.41 Å². The third-order valence-electron chi connectivity index (χ3n) is 1.57. The summed E-state index contributed by atoms with van der Waals surface area (Å²) in [6.07, 6.45) is 0. The summed E-state index contributed by atoms with van der Waals surface area (Å²) in [5, 5.41) is 5.93. The van der Waals surface area contributed by atoms with Crippen LogP contribution in [0.2, 0.25) is 0 Å². The van der Waals surface area contributed by atoms with Gasteiger partial charge in [0.1, 0.15) is 0 Å². The maximum Gasteiger partial charge on any atom is 0.231 e. The standard InChI is InChI=1S/C9H11NO2S/c1-8(7-13(10,11)12)9-5-3-2-4-6-9/h2-7H,1H3,(H2,10,11,12). The summed E-state index contributed by atoms with van der Waals surface area (Å²) in [5.74, 6) is 0. The highest BCUT2D eigenvalue weighted by molar-refractivity contribution is 7.92. The fourth-order valence-electron chi connectivity index (χ4n) is 1.02. The first-order valence-corrected chi connectivity index (χ1v) is 5.36. The van der Waals surface area contributed by atoms with Crippen molar-refractivity contribution < 1.29 is 8.42 Å². The molecule has 3 nitrogen and oxygen atoms in total. The quantitative estimate of drug-likeness (QED) is 0.777. The molecule has 0 fully saturated rings. The normalized spacial score (nSPS) is 12.9. The predicted octanol–water partition coefficient (Wildman–Crippen LogP) is 1.34. The van der Waals surface area contributed by atoms with Gasteiger partial charge in [-0.05, 0) is 18.1 Å². The fraction of sp³-hybridized carbons (Fsp3) is 0.111. The third kappa shape index (κ3) is 3.40. The molecule has 0 unspecified atom stereocenters. The Balaban J connectivity index is 3.06. The van der Waals surface area contributed by atoms with Crippen LogP contribution >= 0.6 is 0 Å². The molecule has 0 atom stereocenters. The molecule has 0 heterocycles. The average molecular weight is 197 g/mol. The molecule has 1 aromatic rings. The van der Waals surface area contributed by atoms with Crippen LogP contribution < -0.4 is 5.14 Å². The van der Waals surface area contributed by atoms with E-state index < -0.39 is 10.0 Å². The summed E-state index contributed by atoms with van der Waals surface area (Å²) in [4.78, 5) is 0. The molecule has 0 aliphatic carbocycles. The molecule has 0 bridgehead atoms. The van der Waals surface area contributed by atoms with Gasteiger partial charge in [-0.25, -0.2) is 13.6 Å². The predicted molar refractivity (Wildman–Crippen MR) is 53.2 cm³/mol. The molecule has 4 heteroatoms. The minimum atomic E-state index is -3.53. The van der Waals surface area contributed by atoms with E-state index in [9.17, 15) is 8.42 Å². The van der Waals surface area contributed by atoms with Gasteiger partial charge in [-0.2, -0.15) is 0 Å². The minimum Gasteiger partial charge on any atom is -0.225 e. The minimum absolute atomic E-state index is 0.642. The van der Waals surface area contributed by atoms with Crippen LogP contribution in [-0.2, 0) is 10.0 Å². The molecule has 0 saturated carbocycles. The van der Waals surface area contributed by atoms with E-state index in [2.05, 4.69) is 0 Å². The van der Waals surface area contributed by atoms with E-state index in [0.29, 0.717) is 5.57 Å². The van der Waals surface area contributed by atoms with Gasteiger partial charge in [0.2, 0.25) is 10.0 Å². The van der Waals surface area contributed by atoms with Crippen LogP contribution in [0.1, 0.15) is 12.5 Å².